The van der Waals surface area contributed by atoms with E-state index in [-0.39, 0.29) is 11.6 Å². The summed E-state index contributed by atoms with van der Waals surface area (Å²) >= 11 is 9.28. The Morgan fingerprint density at radius 1 is 0.941 bits per heavy atom. The molecular weight excluding hydrogens is 309 g/mol. The van der Waals surface area contributed by atoms with Gasteiger partial charge in [-0.2, -0.15) is 0 Å². The zero-order chi connectivity index (χ0) is 12.4. The third kappa shape index (κ3) is 2.85. The summed E-state index contributed by atoms with van der Waals surface area (Å²) in [6.07, 6.45) is 0. The average Bonchev–Trinajstić information content (AvgIpc) is 2.33. The molecule has 0 amide bonds. The second-order valence-corrected chi connectivity index (χ2v) is 4.88. The molecule has 0 saturated carbocycles. The van der Waals surface area contributed by atoms with Crippen LogP contribution >= 0.6 is 27.5 Å². The van der Waals surface area contributed by atoms with Crippen LogP contribution in [0.1, 0.15) is 16.5 Å². The van der Waals surface area contributed by atoms with Gasteiger partial charge in [0.2, 0.25) is 0 Å². The van der Waals surface area contributed by atoms with E-state index in [2.05, 4.69) is 15.9 Å². The number of alkyl halides is 1. The van der Waals surface area contributed by atoms with Gasteiger partial charge < -0.3 is 0 Å². The van der Waals surface area contributed by atoms with E-state index < -0.39 is 5.38 Å². The van der Waals surface area contributed by atoms with Crippen LogP contribution in [-0.4, -0.2) is 0 Å². The Balaban J connectivity index is 2.33. The van der Waals surface area contributed by atoms with E-state index in [9.17, 15) is 8.78 Å². The predicted octanol–water partition coefficient (Wildman–Crippen LogP) is 5.06. The molecular formula is C13H8BrClF2. The number of rotatable bonds is 2. The fourth-order valence-electron chi connectivity index (χ4n) is 1.49. The largest absolute Gasteiger partial charge is 0.207 e. The van der Waals surface area contributed by atoms with Gasteiger partial charge in [0.25, 0.3) is 0 Å². The standard InChI is InChI=1S/C13H8BrClF2/c14-11-6-3-9(7-12(11)17)13(15)8-1-4-10(16)5-2-8/h1-7,13H. The van der Waals surface area contributed by atoms with Crippen molar-refractivity contribution in [2.75, 3.05) is 0 Å². The Hall–Kier alpha value is -0.930. The minimum absolute atomic E-state index is 0.320. The summed E-state index contributed by atoms with van der Waals surface area (Å²) in [5.74, 6) is -0.685. The molecule has 0 aliphatic heterocycles. The van der Waals surface area contributed by atoms with Gasteiger partial charge in [-0.3, -0.25) is 0 Å². The van der Waals surface area contributed by atoms with Crippen LogP contribution in [0, 0.1) is 11.6 Å². The van der Waals surface area contributed by atoms with Gasteiger partial charge in [0.05, 0.1) is 9.85 Å². The van der Waals surface area contributed by atoms with Crippen molar-refractivity contribution in [3.05, 3.63) is 69.7 Å². The minimum atomic E-state index is -0.488. The lowest BCUT2D eigenvalue weighted by molar-refractivity contribution is 0.618. The summed E-state index contributed by atoms with van der Waals surface area (Å²) in [4.78, 5) is 0. The van der Waals surface area contributed by atoms with Gasteiger partial charge >= 0.3 is 0 Å². The molecule has 4 heteroatoms. The number of hydrogen-bond donors (Lipinski definition) is 0. The van der Waals surface area contributed by atoms with Crippen LogP contribution in [0.5, 0.6) is 0 Å². The summed E-state index contributed by atoms with van der Waals surface area (Å²) in [5, 5.41) is -0.488. The van der Waals surface area contributed by atoms with Crippen molar-refractivity contribution in [3.8, 4) is 0 Å². The lowest BCUT2D eigenvalue weighted by atomic mass is 10.0. The smallest absolute Gasteiger partial charge is 0.137 e. The quantitative estimate of drug-likeness (QED) is 0.680. The molecule has 2 aromatic rings. The molecule has 0 heterocycles. The van der Waals surface area contributed by atoms with E-state index in [4.69, 9.17) is 11.6 Å². The fourth-order valence-corrected chi connectivity index (χ4v) is 2.02. The maximum absolute atomic E-state index is 13.4. The highest BCUT2D eigenvalue weighted by Crippen LogP contribution is 2.30. The van der Waals surface area contributed by atoms with E-state index in [0.717, 1.165) is 5.56 Å². The monoisotopic (exact) mass is 316 g/mol. The third-order valence-electron chi connectivity index (χ3n) is 2.40. The first kappa shape index (κ1) is 12.5. The second-order valence-electron chi connectivity index (χ2n) is 3.59. The average molecular weight is 318 g/mol. The van der Waals surface area contributed by atoms with Gasteiger partial charge in [-0.15, -0.1) is 11.6 Å². The lowest BCUT2D eigenvalue weighted by Gasteiger charge is -2.10. The Morgan fingerprint density at radius 2 is 1.53 bits per heavy atom. The summed E-state index contributed by atoms with van der Waals surface area (Å²) in [7, 11) is 0. The Labute approximate surface area is 111 Å². The van der Waals surface area contributed by atoms with Crippen molar-refractivity contribution < 1.29 is 8.78 Å². The Morgan fingerprint density at radius 3 is 2.12 bits per heavy atom. The molecule has 0 bridgehead atoms. The molecule has 1 unspecified atom stereocenters. The van der Waals surface area contributed by atoms with Crippen LogP contribution in [0.25, 0.3) is 0 Å². The van der Waals surface area contributed by atoms with Crippen LogP contribution in [0.2, 0.25) is 0 Å². The Bertz CT molecular complexity index is 525. The van der Waals surface area contributed by atoms with Gasteiger partial charge in [0.1, 0.15) is 11.6 Å². The molecule has 2 rings (SSSR count). The highest BCUT2D eigenvalue weighted by atomic mass is 79.9. The van der Waals surface area contributed by atoms with Gasteiger partial charge in [-0.25, -0.2) is 8.78 Å². The molecule has 0 aliphatic rings. The normalized spacial score (nSPS) is 12.5. The van der Waals surface area contributed by atoms with E-state index in [1.807, 2.05) is 0 Å². The van der Waals surface area contributed by atoms with Crippen LogP contribution < -0.4 is 0 Å². The van der Waals surface area contributed by atoms with E-state index >= 15 is 0 Å². The van der Waals surface area contributed by atoms with Gasteiger partial charge in [-0.1, -0.05) is 18.2 Å². The highest BCUT2D eigenvalue weighted by Gasteiger charge is 2.12. The molecule has 0 saturated heterocycles. The third-order valence-corrected chi connectivity index (χ3v) is 3.55. The molecule has 2 aromatic carbocycles. The van der Waals surface area contributed by atoms with Crippen LogP contribution in [-0.2, 0) is 0 Å². The topological polar surface area (TPSA) is 0 Å². The Kier molecular flexibility index (Phi) is 3.79. The first-order valence-corrected chi connectivity index (χ1v) is 6.15. The maximum Gasteiger partial charge on any atom is 0.137 e. The van der Waals surface area contributed by atoms with Gasteiger partial charge in [-0.05, 0) is 51.3 Å². The van der Waals surface area contributed by atoms with Gasteiger partial charge in [0.15, 0.2) is 0 Å². The van der Waals surface area contributed by atoms with Crippen molar-refractivity contribution in [3.63, 3.8) is 0 Å². The number of benzene rings is 2. The molecule has 0 spiro atoms. The SMILES string of the molecule is Fc1ccc(C(Cl)c2ccc(Br)c(F)c2)cc1. The second kappa shape index (κ2) is 5.15. The molecule has 0 nitrogen and oxygen atoms in total. The first-order chi connectivity index (χ1) is 8.08. The molecule has 0 radical (unpaired) electrons. The predicted molar refractivity (Wildman–Crippen MR) is 68.2 cm³/mol. The number of hydrogen-bond acceptors (Lipinski definition) is 0. The maximum atomic E-state index is 13.4. The molecule has 88 valence electrons. The van der Waals surface area contributed by atoms with E-state index in [1.165, 1.54) is 18.2 Å². The minimum Gasteiger partial charge on any atom is -0.207 e. The molecule has 0 fully saturated rings. The van der Waals surface area contributed by atoms with E-state index in [1.54, 1.807) is 24.3 Å². The van der Waals surface area contributed by atoms with Crippen LogP contribution in [0.15, 0.2) is 46.9 Å². The zero-order valence-electron chi connectivity index (χ0n) is 8.63. The summed E-state index contributed by atoms with van der Waals surface area (Å²) in [6.45, 7) is 0. The van der Waals surface area contributed by atoms with Crippen molar-refractivity contribution in [2.24, 2.45) is 0 Å². The van der Waals surface area contributed by atoms with Crippen LogP contribution in [0.3, 0.4) is 0 Å². The van der Waals surface area contributed by atoms with Crippen molar-refractivity contribution in [1.29, 1.82) is 0 Å². The molecule has 0 N–H and O–H groups in total. The highest BCUT2D eigenvalue weighted by molar-refractivity contribution is 9.10. The summed E-state index contributed by atoms with van der Waals surface area (Å²) in [6, 6.07) is 10.5. The van der Waals surface area contributed by atoms with E-state index in [0.29, 0.717) is 10.0 Å². The van der Waals surface area contributed by atoms with Crippen molar-refractivity contribution in [1.82, 2.24) is 0 Å². The van der Waals surface area contributed by atoms with Crippen molar-refractivity contribution >= 4 is 27.5 Å². The number of halogens is 4. The summed E-state index contributed by atoms with van der Waals surface area (Å²) in [5.41, 5.74) is 1.37. The van der Waals surface area contributed by atoms with Crippen LogP contribution in [0.4, 0.5) is 8.78 Å². The van der Waals surface area contributed by atoms with Crippen molar-refractivity contribution in [2.45, 2.75) is 5.38 Å². The first-order valence-electron chi connectivity index (χ1n) is 4.92. The lowest BCUT2D eigenvalue weighted by Crippen LogP contribution is -1.94. The summed E-state index contributed by atoms with van der Waals surface area (Å²) < 4.78 is 26.5. The molecule has 0 aliphatic carbocycles. The zero-order valence-corrected chi connectivity index (χ0v) is 11.0. The fraction of sp³-hybridized carbons (Fsp3) is 0.0769. The molecule has 0 aromatic heterocycles. The molecule has 1 atom stereocenters. The molecule has 17 heavy (non-hydrogen) atoms. The van der Waals surface area contributed by atoms with Gasteiger partial charge in [0, 0.05) is 0 Å².